The Balaban J connectivity index is 2.55. The molecule has 108 valence electrons. The molecule has 0 radical (unpaired) electrons. The van der Waals surface area contributed by atoms with Crippen molar-refractivity contribution in [3.8, 4) is 0 Å². The third kappa shape index (κ3) is 5.38. The summed E-state index contributed by atoms with van der Waals surface area (Å²) in [7, 11) is -3.19. The number of halogens is 1. The number of ether oxygens (including phenoxy) is 1. The number of hydrogen-bond donors (Lipinski definition) is 1. The van der Waals surface area contributed by atoms with E-state index in [0.717, 1.165) is 6.42 Å². The van der Waals surface area contributed by atoms with Gasteiger partial charge in [-0.2, -0.15) is 0 Å². The maximum atomic E-state index is 11.9. The van der Waals surface area contributed by atoms with Crippen molar-refractivity contribution in [2.45, 2.75) is 18.2 Å². The fourth-order valence-corrected chi connectivity index (χ4v) is 2.77. The van der Waals surface area contributed by atoms with Crippen LogP contribution in [0.25, 0.3) is 0 Å². The zero-order chi connectivity index (χ0) is 14.1. The number of anilines is 1. The van der Waals surface area contributed by atoms with Gasteiger partial charge in [-0.3, -0.25) is 0 Å². The summed E-state index contributed by atoms with van der Waals surface area (Å²) >= 11 is 5.49. The van der Waals surface area contributed by atoms with E-state index in [-0.39, 0.29) is 5.75 Å². The molecule has 0 aliphatic carbocycles. The number of alkyl halides is 1. The van der Waals surface area contributed by atoms with Gasteiger partial charge in [0.05, 0.1) is 22.9 Å². The highest BCUT2D eigenvalue weighted by atomic mass is 35.5. The number of rotatable bonds is 9. The van der Waals surface area contributed by atoms with Crippen LogP contribution >= 0.6 is 11.6 Å². The molecule has 0 saturated heterocycles. The smallest absolute Gasteiger partial charge is 0.180 e. The van der Waals surface area contributed by atoms with Crippen LogP contribution in [-0.4, -0.2) is 39.8 Å². The molecule has 4 nitrogen and oxygen atoms in total. The summed E-state index contributed by atoms with van der Waals surface area (Å²) < 4.78 is 29.1. The van der Waals surface area contributed by atoms with Gasteiger partial charge in [-0.25, -0.2) is 8.42 Å². The number of nitrogens with one attached hydrogen (secondary N) is 1. The van der Waals surface area contributed by atoms with Crippen molar-refractivity contribution in [1.82, 2.24) is 0 Å². The molecule has 0 spiro atoms. The van der Waals surface area contributed by atoms with Gasteiger partial charge in [0.25, 0.3) is 0 Å². The van der Waals surface area contributed by atoms with Gasteiger partial charge in [-0.15, -0.1) is 11.6 Å². The summed E-state index contributed by atoms with van der Waals surface area (Å²) in [6, 6.07) is 6.96. The van der Waals surface area contributed by atoms with E-state index in [2.05, 4.69) is 5.32 Å². The summed E-state index contributed by atoms with van der Waals surface area (Å²) in [6.07, 6.45) is 0.803. The van der Waals surface area contributed by atoms with Gasteiger partial charge in [-0.05, 0) is 18.6 Å². The molecule has 0 amide bonds. The van der Waals surface area contributed by atoms with Crippen LogP contribution in [-0.2, 0) is 14.6 Å². The average Bonchev–Trinajstić information content (AvgIpc) is 2.43. The number of para-hydroxylation sites is 1. The lowest BCUT2D eigenvalue weighted by molar-refractivity contribution is 0.149. The van der Waals surface area contributed by atoms with E-state index in [0.29, 0.717) is 36.2 Å². The molecular weight excluding hydrogens is 286 g/mol. The summed E-state index contributed by atoms with van der Waals surface area (Å²) in [5.41, 5.74) is 0.654. The zero-order valence-corrected chi connectivity index (χ0v) is 12.6. The van der Waals surface area contributed by atoms with Crippen molar-refractivity contribution in [2.24, 2.45) is 0 Å². The van der Waals surface area contributed by atoms with Crippen LogP contribution in [0.1, 0.15) is 13.3 Å². The predicted molar refractivity (Wildman–Crippen MR) is 78.8 cm³/mol. The molecule has 0 aromatic heterocycles. The van der Waals surface area contributed by atoms with Crippen molar-refractivity contribution in [3.05, 3.63) is 24.3 Å². The Hall–Kier alpha value is -0.780. The Labute approximate surface area is 120 Å². The molecule has 0 saturated carbocycles. The van der Waals surface area contributed by atoms with Crippen molar-refractivity contribution in [1.29, 1.82) is 0 Å². The van der Waals surface area contributed by atoms with E-state index in [1.54, 1.807) is 25.1 Å². The highest BCUT2D eigenvalue weighted by molar-refractivity contribution is 7.91. The first kappa shape index (κ1) is 16.3. The summed E-state index contributed by atoms with van der Waals surface area (Å²) in [5.74, 6) is 0.593. The number of sulfone groups is 1. The maximum Gasteiger partial charge on any atom is 0.180 e. The van der Waals surface area contributed by atoms with Crippen LogP contribution in [0.2, 0.25) is 0 Å². The molecule has 19 heavy (non-hydrogen) atoms. The topological polar surface area (TPSA) is 55.4 Å². The van der Waals surface area contributed by atoms with Gasteiger partial charge in [-0.1, -0.05) is 19.1 Å². The Morgan fingerprint density at radius 2 is 2.00 bits per heavy atom. The molecule has 1 aromatic carbocycles. The fourth-order valence-electron chi connectivity index (χ4n) is 1.59. The van der Waals surface area contributed by atoms with Gasteiger partial charge in [0.2, 0.25) is 0 Å². The fraction of sp³-hybridized carbons (Fsp3) is 0.538. The third-order valence-corrected chi connectivity index (χ3v) is 4.55. The minimum Gasteiger partial charge on any atom is -0.384 e. The van der Waals surface area contributed by atoms with E-state index in [9.17, 15) is 8.42 Å². The standard InChI is InChI=1S/C13H20ClNO3S/c1-2-19(16,17)13-7-4-3-6-12(13)15-9-5-10-18-11-8-14/h3-4,6-7,15H,2,5,8-11H2,1H3. The quantitative estimate of drug-likeness (QED) is 0.563. The second-order valence-corrected chi connectivity index (χ2v) is 6.61. The zero-order valence-electron chi connectivity index (χ0n) is 11.1. The molecule has 0 fully saturated rings. The molecule has 0 atom stereocenters. The highest BCUT2D eigenvalue weighted by Gasteiger charge is 2.15. The van der Waals surface area contributed by atoms with Gasteiger partial charge in [0.1, 0.15) is 0 Å². The van der Waals surface area contributed by atoms with E-state index >= 15 is 0 Å². The average molecular weight is 306 g/mol. The van der Waals surface area contributed by atoms with Crippen molar-refractivity contribution in [3.63, 3.8) is 0 Å². The lowest BCUT2D eigenvalue weighted by Gasteiger charge is -2.11. The van der Waals surface area contributed by atoms with E-state index in [1.165, 1.54) is 0 Å². The van der Waals surface area contributed by atoms with Crippen LogP contribution in [0.3, 0.4) is 0 Å². The molecule has 1 N–H and O–H groups in total. The molecule has 0 bridgehead atoms. The minimum atomic E-state index is -3.19. The lowest BCUT2D eigenvalue weighted by Crippen LogP contribution is -2.11. The van der Waals surface area contributed by atoms with Gasteiger partial charge in [0.15, 0.2) is 9.84 Å². The van der Waals surface area contributed by atoms with Crippen LogP contribution in [0, 0.1) is 0 Å². The van der Waals surface area contributed by atoms with Crippen LogP contribution in [0.15, 0.2) is 29.2 Å². The van der Waals surface area contributed by atoms with Crippen LogP contribution in [0.5, 0.6) is 0 Å². The van der Waals surface area contributed by atoms with E-state index < -0.39 is 9.84 Å². The Bertz CT molecular complexity index is 477. The summed E-state index contributed by atoms with van der Waals surface area (Å²) in [6.45, 7) is 3.47. The predicted octanol–water partition coefficient (Wildman–Crippen LogP) is 2.54. The Kier molecular flexibility index (Phi) is 7.20. The first-order chi connectivity index (χ1) is 9.11. The van der Waals surface area contributed by atoms with Crippen molar-refractivity contribution >= 4 is 27.1 Å². The summed E-state index contributed by atoms with van der Waals surface area (Å²) in [5, 5.41) is 3.14. The molecule has 0 aliphatic heterocycles. The largest absolute Gasteiger partial charge is 0.384 e. The Morgan fingerprint density at radius 1 is 1.26 bits per heavy atom. The van der Waals surface area contributed by atoms with E-state index in [1.807, 2.05) is 6.07 Å². The molecule has 0 unspecified atom stereocenters. The highest BCUT2D eigenvalue weighted by Crippen LogP contribution is 2.21. The second kappa shape index (κ2) is 8.40. The van der Waals surface area contributed by atoms with Crippen LogP contribution < -0.4 is 5.32 Å². The van der Waals surface area contributed by atoms with Gasteiger partial charge in [0, 0.05) is 19.0 Å². The molecular formula is C13H20ClNO3S. The van der Waals surface area contributed by atoms with Crippen molar-refractivity contribution in [2.75, 3.05) is 36.7 Å². The second-order valence-electron chi connectivity index (χ2n) is 3.98. The van der Waals surface area contributed by atoms with Gasteiger partial charge >= 0.3 is 0 Å². The first-order valence-electron chi connectivity index (χ1n) is 6.31. The molecule has 0 heterocycles. The molecule has 1 aromatic rings. The monoisotopic (exact) mass is 305 g/mol. The van der Waals surface area contributed by atoms with Crippen LogP contribution in [0.4, 0.5) is 5.69 Å². The van der Waals surface area contributed by atoms with Crippen molar-refractivity contribution < 1.29 is 13.2 Å². The minimum absolute atomic E-state index is 0.102. The molecule has 0 aliphatic rings. The Morgan fingerprint density at radius 3 is 2.68 bits per heavy atom. The normalized spacial score (nSPS) is 11.5. The SMILES string of the molecule is CCS(=O)(=O)c1ccccc1NCCCOCCCl. The number of benzene rings is 1. The van der Waals surface area contributed by atoms with Gasteiger partial charge < -0.3 is 10.1 Å². The summed E-state index contributed by atoms with van der Waals surface area (Å²) in [4.78, 5) is 0.360. The number of hydrogen-bond acceptors (Lipinski definition) is 4. The van der Waals surface area contributed by atoms with E-state index in [4.69, 9.17) is 16.3 Å². The third-order valence-electron chi connectivity index (χ3n) is 2.60. The molecule has 6 heteroatoms. The molecule has 1 rings (SSSR count). The maximum absolute atomic E-state index is 11.9. The lowest BCUT2D eigenvalue weighted by atomic mass is 10.3. The first-order valence-corrected chi connectivity index (χ1v) is 8.50.